The van der Waals surface area contributed by atoms with Crippen LogP contribution in [-0.2, 0) is 12.8 Å². The Morgan fingerprint density at radius 3 is 2.48 bits per heavy atom. The van der Waals surface area contributed by atoms with E-state index in [4.69, 9.17) is 11.6 Å². The summed E-state index contributed by atoms with van der Waals surface area (Å²) in [4.78, 5) is 16.6. The fourth-order valence-corrected chi connectivity index (χ4v) is 2.98. The fraction of sp³-hybridized carbons (Fsp3) is 0.182. The second kappa shape index (κ2) is 9.74. The van der Waals surface area contributed by atoms with E-state index in [2.05, 4.69) is 27.8 Å². The zero-order valence-electron chi connectivity index (χ0n) is 15.0. The van der Waals surface area contributed by atoms with Crippen LogP contribution in [0.4, 0.5) is 5.82 Å². The molecule has 2 aromatic carbocycles. The van der Waals surface area contributed by atoms with Crippen LogP contribution in [0.3, 0.4) is 0 Å². The Morgan fingerprint density at radius 1 is 0.889 bits per heavy atom. The van der Waals surface area contributed by atoms with Crippen molar-refractivity contribution in [3.8, 4) is 0 Å². The molecule has 0 aliphatic heterocycles. The van der Waals surface area contributed by atoms with Crippen molar-refractivity contribution in [1.29, 1.82) is 0 Å². The van der Waals surface area contributed by atoms with Gasteiger partial charge in [-0.05, 0) is 48.2 Å². The van der Waals surface area contributed by atoms with Crippen LogP contribution in [0.25, 0.3) is 0 Å². The average molecular weight is 380 g/mol. The summed E-state index contributed by atoms with van der Waals surface area (Å²) in [6.07, 6.45) is 3.28. The highest BCUT2D eigenvalue weighted by Gasteiger charge is 2.06. The van der Waals surface area contributed by atoms with Gasteiger partial charge in [-0.2, -0.15) is 0 Å². The lowest BCUT2D eigenvalue weighted by atomic mass is 10.1. The third-order valence-electron chi connectivity index (χ3n) is 4.17. The Bertz CT molecular complexity index is 883. The smallest absolute Gasteiger partial charge is 0.251 e. The highest BCUT2D eigenvalue weighted by Crippen LogP contribution is 2.12. The largest absolute Gasteiger partial charge is 0.370 e. The molecule has 3 rings (SSSR count). The van der Waals surface area contributed by atoms with Crippen molar-refractivity contribution in [3.05, 3.63) is 94.6 Å². The fourth-order valence-electron chi connectivity index (χ4n) is 2.76. The van der Waals surface area contributed by atoms with Crippen LogP contribution in [0.5, 0.6) is 0 Å². The number of nitrogens with zero attached hydrogens (tertiary/aromatic N) is 1. The van der Waals surface area contributed by atoms with E-state index in [-0.39, 0.29) is 5.91 Å². The third-order valence-corrected chi connectivity index (χ3v) is 4.41. The number of hydrogen-bond donors (Lipinski definition) is 2. The molecular weight excluding hydrogens is 358 g/mol. The molecule has 0 saturated heterocycles. The minimum atomic E-state index is -0.0915. The Labute approximate surface area is 164 Å². The molecule has 1 heterocycles. The van der Waals surface area contributed by atoms with Gasteiger partial charge >= 0.3 is 0 Å². The molecule has 2 N–H and O–H groups in total. The maximum absolute atomic E-state index is 12.3. The van der Waals surface area contributed by atoms with Gasteiger partial charge in [0.15, 0.2) is 0 Å². The Balaban J connectivity index is 1.48. The molecule has 0 fully saturated rings. The van der Waals surface area contributed by atoms with Crippen molar-refractivity contribution in [3.63, 3.8) is 0 Å². The molecule has 5 heteroatoms. The highest BCUT2D eigenvalue weighted by molar-refractivity contribution is 6.30. The minimum Gasteiger partial charge on any atom is -0.370 e. The molecule has 0 atom stereocenters. The SMILES string of the molecule is O=C(NCCc1ccccc1)c1ccnc(NCCc2cccc(Cl)c2)c1. The first-order chi connectivity index (χ1) is 13.2. The zero-order chi connectivity index (χ0) is 18.9. The molecule has 4 nitrogen and oxygen atoms in total. The van der Waals surface area contributed by atoms with Crippen LogP contribution in [0, 0.1) is 0 Å². The van der Waals surface area contributed by atoms with E-state index in [9.17, 15) is 4.79 Å². The summed E-state index contributed by atoms with van der Waals surface area (Å²) in [7, 11) is 0. The molecule has 0 saturated carbocycles. The maximum atomic E-state index is 12.3. The molecule has 0 unspecified atom stereocenters. The number of nitrogens with one attached hydrogen (secondary N) is 2. The predicted molar refractivity (Wildman–Crippen MR) is 110 cm³/mol. The van der Waals surface area contributed by atoms with E-state index < -0.39 is 0 Å². The van der Waals surface area contributed by atoms with Gasteiger partial charge in [-0.15, -0.1) is 0 Å². The quantitative estimate of drug-likeness (QED) is 0.611. The van der Waals surface area contributed by atoms with E-state index >= 15 is 0 Å². The topological polar surface area (TPSA) is 54.0 Å². The van der Waals surface area contributed by atoms with Crippen LogP contribution < -0.4 is 10.6 Å². The van der Waals surface area contributed by atoms with Gasteiger partial charge in [0.2, 0.25) is 0 Å². The second-order valence-electron chi connectivity index (χ2n) is 6.23. The van der Waals surface area contributed by atoms with Crippen molar-refractivity contribution >= 4 is 23.3 Å². The molecule has 0 aliphatic rings. The normalized spacial score (nSPS) is 10.4. The molecule has 27 heavy (non-hydrogen) atoms. The number of amides is 1. The van der Waals surface area contributed by atoms with Crippen molar-refractivity contribution in [2.45, 2.75) is 12.8 Å². The van der Waals surface area contributed by atoms with Crippen LogP contribution in [0.1, 0.15) is 21.5 Å². The second-order valence-corrected chi connectivity index (χ2v) is 6.66. The first kappa shape index (κ1) is 18.9. The third kappa shape index (κ3) is 6.12. The summed E-state index contributed by atoms with van der Waals surface area (Å²) < 4.78 is 0. The lowest BCUT2D eigenvalue weighted by Crippen LogP contribution is -2.25. The lowest BCUT2D eigenvalue weighted by Gasteiger charge is -2.09. The standard InChI is InChI=1S/C22H22ClN3O/c23-20-8-4-7-18(15-20)10-12-24-21-16-19(11-14-25-21)22(27)26-13-9-17-5-2-1-3-6-17/h1-8,11,14-16H,9-10,12-13H2,(H,24,25)(H,26,27). The number of anilines is 1. The van der Waals surface area contributed by atoms with Gasteiger partial charge in [0, 0.05) is 29.9 Å². The van der Waals surface area contributed by atoms with E-state index in [1.807, 2.05) is 42.5 Å². The molecule has 138 valence electrons. The number of rotatable bonds is 8. The number of carbonyl (C=O) groups excluding carboxylic acids is 1. The van der Waals surface area contributed by atoms with E-state index in [0.29, 0.717) is 24.5 Å². The lowest BCUT2D eigenvalue weighted by molar-refractivity contribution is 0.0954. The van der Waals surface area contributed by atoms with Crippen LogP contribution >= 0.6 is 11.6 Å². The van der Waals surface area contributed by atoms with Gasteiger partial charge in [0.1, 0.15) is 5.82 Å². The Hall–Kier alpha value is -2.85. The molecule has 3 aromatic rings. The summed E-state index contributed by atoms with van der Waals surface area (Å²) in [5.41, 5.74) is 2.96. The van der Waals surface area contributed by atoms with Gasteiger partial charge in [-0.1, -0.05) is 54.1 Å². The molecule has 0 bridgehead atoms. The zero-order valence-corrected chi connectivity index (χ0v) is 15.7. The Kier molecular flexibility index (Phi) is 6.83. The first-order valence-electron chi connectivity index (χ1n) is 8.97. The number of carbonyl (C=O) groups is 1. The Morgan fingerprint density at radius 2 is 1.67 bits per heavy atom. The number of halogens is 1. The van der Waals surface area contributed by atoms with Gasteiger partial charge in [-0.3, -0.25) is 4.79 Å². The van der Waals surface area contributed by atoms with Crippen molar-refractivity contribution < 1.29 is 4.79 Å². The summed E-state index contributed by atoms with van der Waals surface area (Å²) in [6.45, 7) is 1.31. The molecule has 0 radical (unpaired) electrons. The summed E-state index contributed by atoms with van der Waals surface area (Å²) in [5, 5.41) is 6.95. The van der Waals surface area contributed by atoms with Gasteiger partial charge in [0.25, 0.3) is 5.91 Å². The average Bonchev–Trinajstić information content (AvgIpc) is 2.69. The number of benzene rings is 2. The predicted octanol–water partition coefficient (Wildman–Crippen LogP) is 4.36. The first-order valence-corrected chi connectivity index (χ1v) is 9.35. The highest BCUT2D eigenvalue weighted by atomic mass is 35.5. The summed E-state index contributed by atoms with van der Waals surface area (Å²) in [5.74, 6) is 0.596. The number of hydrogen-bond acceptors (Lipinski definition) is 3. The van der Waals surface area contributed by atoms with Crippen molar-refractivity contribution in [2.75, 3.05) is 18.4 Å². The van der Waals surface area contributed by atoms with Crippen LogP contribution in [0.2, 0.25) is 5.02 Å². The monoisotopic (exact) mass is 379 g/mol. The van der Waals surface area contributed by atoms with Crippen LogP contribution in [-0.4, -0.2) is 24.0 Å². The minimum absolute atomic E-state index is 0.0915. The van der Waals surface area contributed by atoms with Gasteiger partial charge < -0.3 is 10.6 Å². The van der Waals surface area contributed by atoms with Crippen molar-refractivity contribution in [1.82, 2.24) is 10.3 Å². The van der Waals surface area contributed by atoms with E-state index in [1.165, 1.54) is 5.56 Å². The molecule has 0 aliphatic carbocycles. The van der Waals surface area contributed by atoms with Gasteiger partial charge in [0.05, 0.1) is 0 Å². The molecule has 1 amide bonds. The molecule has 0 spiro atoms. The number of pyridine rings is 1. The van der Waals surface area contributed by atoms with E-state index in [1.54, 1.807) is 18.3 Å². The summed E-state index contributed by atoms with van der Waals surface area (Å²) in [6, 6.07) is 21.4. The van der Waals surface area contributed by atoms with Crippen molar-refractivity contribution in [2.24, 2.45) is 0 Å². The maximum Gasteiger partial charge on any atom is 0.251 e. The van der Waals surface area contributed by atoms with Crippen LogP contribution in [0.15, 0.2) is 72.9 Å². The molecule has 1 aromatic heterocycles. The molecular formula is C22H22ClN3O. The number of aromatic nitrogens is 1. The van der Waals surface area contributed by atoms with E-state index in [0.717, 1.165) is 23.4 Å². The summed E-state index contributed by atoms with van der Waals surface area (Å²) >= 11 is 6.00. The van der Waals surface area contributed by atoms with Gasteiger partial charge in [-0.25, -0.2) is 4.98 Å².